The van der Waals surface area contributed by atoms with E-state index in [0.717, 1.165) is 24.1 Å². The van der Waals surface area contributed by atoms with Gasteiger partial charge in [-0.05, 0) is 18.4 Å². The van der Waals surface area contributed by atoms with Crippen LogP contribution in [0.25, 0.3) is 0 Å². The van der Waals surface area contributed by atoms with Crippen molar-refractivity contribution in [3.8, 4) is 6.07 Å². The van der Waals surface area contributed by atoms with Crippen molar-refractivity contribution in [3.63, 3.8) is 0 Å². The van der Waals surface area contributed by atoms with Crippen LogP contribution in [0.15, 0.2) is 0 Å². The molecule has 104 valence electrons. The molecule has 1 heterocycles. The van der Waals surface area contributed by atoms with Crippen LogP contribution in [0.2, 0.25) is 0 Å². The molecular weight excluding hydrogens is 244 g/mol. The Morgan fingerprint density at radius 3 is 2.63 bits per heavy atom. The van der Waals surface area contributed by atoms with E-state index in [-0.39, 0.29) is 6.61 Å². The minimum atomic E-state index is 0.00836. The quantitative estimate of drug-likeness (QED) is 0.678. The number of nitrogens with one attached hydrogen (secondary N) is 1. The van der Waals surface area contributed by atoms with Crippen molar-refractivity contribution in [1.82, 2.24) is 10.2 Å². The van der Waals surface area contributed by atoms with Crippen LogP contribution in [0.1, 0.15) is 30.7 Å². The van der Waals surface area contributed by atoms with Crippen molar-refractivity contribution in [3.05, 3.63) is 16.8 Å². The lowest BCUT2D eigenvalue weighted by Crippen LogP contribution is -2.15. The maximum Gasteiger partial charge on any atom is 0.167 e. The van der Waals surface area contributed by atoms with E-state index >= 15 is 0 Å². The Morgan fingerprint density at radius 2 is 2.05 bits per heavy atom. The number of rotatable bonds is 8. The number of ether oxygens (including phenoxy) is 1. The lowest BCUT2D eigenvalue weighted by Gasteiger charge is -2.11. The van der Waals surface area contributed by atoms with Gasteiger partial charge in [-0.3, -0.25) is 0 Å². The number of hydrogen-bond donors (Lipinski definition) is 2. The molecule has 0 aliphatic carbocycles. The van der Waals surface area contributed by atoms with E-state index in [4.69, 9.17) is 9.84 Å². The van der Waals surface area contributed by atoms with Crippen molar-refractivity contribution in [2.24, 2.45) is 0 Å². The second-order valence-corrected chi connectivity index (χ2v) is 3.93. The number of nitrogens with zero attached hydrogens (tertiary/aromatic N) is 3. The topological polar surface area (TPSA) is 91.1 Å². The van der Waals surface area contributed by atoms with Crippen LogP contribution in [-0.4, -0.2) is 41.7 Å². The molecule has 0 spiro atoms. The molecule has 1 rings (SSSR count). The largest absolute Gasteiger partial charge is 0.394 e. The Kier molecular flexibility index (Phi) is 6.79. The van der Waals surface area contributed by atoms with Crippen molar-refractivity contribution >= 4 is 5.82 Å². The van der Waals surface area contributed by atoms with E-state index in [1.54, 1.807) is 0 Å². The van der Waals surface area contributed by atoms with Gasteiger partial charge in [0.15, 0.2) is 5.82 Å². The molecule has 0 saturated carbocycles. The normalized spacial score (nSPS) is 10.2. The van der Waals surface area contributed by atoms with Gasteiger partial charge in [0.25, 0.3) is 0 Å². The highest BCUT2D eigenvalue weighted by Gasteiger charge is 2.13. The highest BCUT2D eigenvalue weighted by Crippen LogP contribution is 2.19. The van der Waals surface area contributed by atoms with Gasteiger partial charge in [-0.1, -0.05) is 13.8 Å². The van der Waals surface area contributed by atoms with Crippen molar-refractivity contribution in [1.29, 1.82) is 5.26 Å². The van der Waals surface area contributed by atoms with Gasteiger partial charge >= 0.3 is 0 Å². The number of aromatic nitrogens is 2. The zero-order valence-corrected chi connectivity index (χ0v) is 11.4. The summed E-state index contributed by atoms with van der Waals surface area (Å²) in [6.45, 7) is 5.30. The molecule has 0 atom stereocenters. The standard InChI is InChI=1S/C13H20N4O2/c1-3-10-11(9-14)13(17-16-12(10)4-2)15-5-7-19-8-6-18/h18H,3-8H2,1-2H3,(H,15,17). The van der Waals surface area contributed by atoms with Crippen molar-refractivity contribution in [2.45, 2.75) is 26.7 Å². The lowest BCUT2D eigenvalue weighted by molar-refractivity contribution is 0.0992. The van der Waals surface area contributed by atoms with Crippen molar-refractivity contribution < 1.29 is 9.84 Å². The molecule has 0 fully saturated rings. The van der Waals surface area contributed by atoms with E-state index in [1.165, 1.54) is 0 Å². The zero-order chi connectivity index (χ0) is 14.1. The van der Waals surface area contributed by atoms with E-state index in [1.807, 2.05) is 13.8 Å². The molecule has 0 aromatic carbocycles. The molecule has 0 unspecified atom stereocenters. The number of nitriles is 1. The Labute approximate surface area is 113 Å². The van der Waals surface area contributed by atoms with E-state index in [2.05, 4.69) is 21.6 Å². The summed E-state index contributed by atoms with van der Waals surface area (Å²) in [5.74, 6) is 0.504. The molecule has 19 heavy (non-hydrogen) atoms. The van der Waals surface area contributed by atoms with Gasteiger partial charge < -0.3 is 15.2 Å². The molecule has 0 saturated heterocycles. The summed E-state index contributed by atoms with van der Waals surface area (Å²) in [6.07, 6.45) is 1.53. The minimum absolute atomic E-state index is 0.00836. The van der Waals surface area contributed by atoms with Gasteiger partial charge in [0, 0.05) is 6.54 Å². The number of hydrogen-bond acceptors (Lipinski definition) is 6. The molecule has 0 aliphatic rings. The van der Waals surface area contributed by atoms with Crippen LogP contribution in [-0.2, 0) is 17.6 Å². The Morgan fingerprint density at radius 1 is 1.26 bits per heavy atom. The van der Waals surface area contributed by atoms with Crippen LogP contribution in [0.5, 0.6) is 0 Å². The fraction of sp³-hybridized carbons (Fsp3) is 0.615. The van der Waals surface area contributed by atoms with Crippen LogP contribution < -0.4 is 5.32 Å². The third-order valence-corrected chi connectivity index (χ3v) is 2.73. The molecular formula is C13H20N4O2. The van der Waals surface area contributed by atoms with Gasteiger partial charge in [0.1, 0.15) is 11.6 Å². The predicted molar refractivity (Wildman–Crippen MR) is 71.9 cm³/mol. The Bertz CT molecular complexity index is 443. The first-order valence-electron chi connectivity index (χ1n) is 6.49. The molecule has 1 aromatic rings. The molecule has 2 N–H and O–H groups in total. The number of aliphatic hydroxyl groups is 1. The second-order valence-electron chi connectivity index (χ2n) is 3.93. The molecule has 0 aliphatic heterocycles. The third-order valence-electron chi connectivity index (χ3n) is 2.73. The highest BCUT2D eigenvalue weighted by molar-refractivity contribution is 5.56. The first kappa shape index (κ1) is 15.3. The lowest BCUT2D eigenvalue weighted by atomic mass is 10.0. The van der Waals surface area contributed by atoms with Crippen LogP contribution in [0.4, 0.5) is 5.82 Å². The fourth-order valence-electron chi connectivity index (χ4n) is 1.83. The summed E-state index contributed by atoms with van der Waals surface area (Å²) >= 11 is 0. The molecule has 0 radical (unpaired) electrons. The molecule has 6 heteroatoms. The Balaban J connectivity index is 2.76. The maximum atomic E-state index is 9.27. The highest BCUT2D eigenvalue weighted by atomic mass is 16.5. The molecule has 0 bridgehead atoms. The van der Waals surface area contributed by atoms with Crippen LogP contribution in [0.3, 0.4) is 0 Å². The molecule has 1 aromatic heterocycles. The van der Waals surface area contributed by atoms with Gasteiger partial charge in [-0.15, -0.1) is 5.10 Å². The summed E-state index contributed by atoms with van der Waals surface area (Å²) in [6, 6.07) is 2.20. The summed E-state index contributed by atoms with van der Waals surface area (Å²) in [5, 5.41) is 29.1. The summed E-state index contributed by atoms with van der Waals surface area (Å²) < 4.78 is 5.14. The molecule has 6 nitrogen and oxygen atoms in total. The van der Waals surface area contributed by atoms with Gasteiger partial charge in [-0.2, -0.15) is 10.4 Å². The number of anilines is 1. The van der Waals surface area contributed by atoms with Gasteiger partial charge in [-0.25, -0.2) is 0 Å². The summed E-state index contributed by atoms with van der Waals surface area (Å²) in [5.41, 5.74) is 2.40. The SMILES string of the molecule is CCc1nnc(NCCOCCO)c(C#N)c1CC. The van der Waals surface area contributed by atoms with E-state index < -0.39 is 0 Å². The monoisotopic (exact) mass is 264 g/mol. The predicted octanol–water partition coefficient (Wildman–Crippen LogP) is 0.894. The van der Waals surface area contributed by atoms with Crippen LogP contribution >= 0.6 is 0 Å². The third kappa shape index (κ3) is 4.16. The first-order valence-corrected chi connectivity index (χ1v) is 6.49. The number of aryl methyl sites for hydroxylation is 1. The van der Waals surface area contributed by atoms with E-state index in [0.29, 0.717) is 31.1 Å². The van der Waals surface area contributed by atoms with Gasteiger partial charge in [0.2, 0.25) is 0 Å². The van der Waals surface area contributed by atoms with E-state index in [9.17, 15) is 5.26 Å². The average molecular weight is 264 g/mol. The smallest absolute Gasteiger partial charge is 0.167 e. The molecule has 0 amide bonds. The average Bonchev–Trinajstić information content (AvgIpc) is 2.45. The first-order chi connectivity index (χ1) is 9.28. The van der Waals surface area contributed by atoms with Gasteiger partial charge in [0.05, 0.1) is 25.5 Å². The van der Waals surface area contributed by atoms with Crippen molar-refractivity contribution in [2.75, 3.05) is 31.7 Å². The number of aliphatic hydroxyl groups excluding tert-OH is 1. The second kappa shape index (κ2) is 8.40. The Hall–Kier alpha value is -1.71. The minimum Gasteiger partial charge on any atom is -0.394 e. The maximum absolute atomic E-state index is 9.27. The van der Waals surface area contributed by atoms with Crippen LogP contribution in [0, 0.1) is 11.3 Å². The summed E-state index contributed by atoms with van der Waals surface area (Å²) in [4.78, 5) is 0. The summed E-state index contributed by atoms with van der Waals surface area (Å²) in [7, 11) is 0. The zero-order valence-electron chi connectivity index (χ0n) is 11.4. The fourth-order valence-corrected chi connectivity index (χ4v) is 1.83.